The van der Waals surface area contributed by atoms with Crippen molar-refractivity contribution < 1.29 is 4.79 Å². The topological polar surface area (TPSA) is 46.3 Å². The number of fused-ring (bicyclic) bond motifs is 1. The van der Waals surface area contributed by atoms with Gasteiger partial charge in [-0.2, -0.15) is 0 Å². The Morgan fingerprint density at radius 3 is 2.73 bits per heavy atom. The lowest BCUT2D eigenvalue weighted by Gasteiger charge is -2.24. The molecule has 0 spiro atoms. The van der Waals surface area contributed by atoms with Gasteiger partial charge in [0.1, 0.15) is 0 Å². The molecule has 2 saturated heterocycles. The Labute approximate surface area is 66.5 Å². The predicted molar refractivity (Wildman–Crippen MR) is 41.9 cm³/mol. The molecule has 3 fully saturated rings. The Balaban J connectivity index is 1.89. The van der Waals surface area contributed by atoms with Gasteiger partial charge in [0.2, 0.25) is 5.91 Å². The number of nitrogens with two attached hydrogens (primary N) is 1. The Bertz CT molecular complexity index is 175. The van der Waals surface area contributed by atoms with E-state index in [9.17, 15) is 4.79 Å². The van der Waals surface area contributed by atoms with Gasteiger partial charge in [0, 0.05) is 18.5 Å². The minimum atomic E-state index is 0.378. The van der Waals surface area contributed by atoms with Gasteiger partial charge < -0.3 is 10.6 Å². The van der Waals surface area contributed by atoms with Gasteiger partial charge in [-0.1, -0.05) is 0 Å². The van der Waals surface area contributed by atoms with Crippen LogP contribution in [0.5, 0.6) is 0 Å². The van der Waals surface area contributed by atoms with E-state index in [1.165, 1.54) is 0 Å². The van der Waals surface area contributed by atoms with Crippen molar-refractivity contribution in [1.29, 1.82) is 0 Å². The molecule has 0 atom stereocenters. The van der Waals surface area contributed by atoms with Crippen LogP contribution in [0.1, 0.15) is 19.3 Å². The third-order valence-electron chi connectivity index (χ3n) is 2.79. The fourth-order valence-corrected chi connectivity index (χ4v) is 2.01. The van der Waals surface area contributed by atoms with Crippen LogP contribution in [-0.2, 0) is 4.79 Å². The Kier molecular flexibility index (Phi) is 1.60. The van der Waals surface area contributed by atoms with Crippen molar-refractivity contribution in [2.24, 2.45) is 11.7 Å². The first kappa shape index (κ1) is 7.10. The fraction of sp³-hybridized carbons (Fsp3) is 0.875. The molecular weight excluding hydrogens is 140 g/mol. The van der Waals surface area contributed by atoms with Gasteiger partial charge in [-0.3, -0.25) is 4.79 Å². The molecule has 62 valence electrons. The van der Waals surface area contributed by atoms with E-state index in [4.69, 9.17) is 5.73 Å². The van der Waals surface area contributed by atoms with Crippen LogP contribution in [0.2, 0.25) is 0 Å². The minimum Gasteiger partial charge on any atom is -0.339 e. The summed E-state index contributed by atoms with van der Waals surface area (Å²) in [5.74, 6) is 0.765. The van der Waals surface area contributed by atoms with Crippen molar-refractivity contribution in [2.75, 3.05) is 13.1 Å². The van der Waals surface area contributed by atoms with E-state index in [2.05, 4.69) is 0 Å². The fourth-order valence-electron chi connectivity index (χ4n) is 2.01. The number of hydrogen-bond acceptors (Lipinski definition) is 2. The number of amides is 1. The summed E-state index contributed by atoms with van der Waals surface area (Å²) < 4.78 is 0. The van der Waals surface area contributed by atoms with Crippen LogP contribution in [0.25, 0.3) is 0 Å². The predicted octanol–water partition coefficient (Wildman–Crippen LogP) is -0.0440. The summed E-state index contributed by atoms with van der Waals surface area (Å²) in [5.41, 5.74) is 5.37. The van der Waals surface area contributed by atoms with Crippen molar-refractivity contribution >= 4 is 5.91 Å². The number of nitrogens with zero attached hydrogens (tertiary/aromatic N) is 1. The molecule has 2 bridgehead atoms. The van der Waals surface area contributed by atoms with Gasteiger partial charge in [-0.25, -0.2) is 0 Å². The maximum atomic E-state index is 11.3. The van der Waals surface area contributed by atoms with Crippen molar-refractivity contribution in [1.82, 2.24) is 4.90 Å². The third kappa shape index (κ3) is 0.948. The van der Waals surface area contributed by atoms with Crippen LogP contribution in [0.4, 0.5) is 0 Å². The third-order valence-corrected chi connectivity index (χ3v) is 2.79. The van der Waals surface area contributed by atoms with Gasteiger partial charge in [-0.05, 0) is 25.8 Å². The standard InChI is InChI=1S/C8H14N2O/c9-2-1-3-10-7-4-6(5-7)8(10)11/h6-7H,1-5,9H2. The van der Waals surface area contributed by atoms with Crippen LogP contribution in [-0.4, -0.2) is 29.9 Å². The molecule has 2 heterocycles. The summed E-state index contributed by atoms with van der Waals surface area (Å²) in [6.45, 7) is 1.58. The maximum absolute atomic E-state index is 11.3. The molecule has 1 aliphatic carbocycles. The zero-order valence-electron chi connectivity index (χ0n) is 6.62. The molecule has 2 N–H and O–H groups in total. The maximum Gasteiger partial charge on any atom is 0.226 e. The highest BCUT2D eigenvalue weighted by Crippen LogP contribution is 2.41. The number of carbonyl (C=O) groups excluding carboxylic acids is 1. The Morgan fingerprint density at radius 1 is 1.55 bits per heavy atom. The summed E-state index contributed by atoms with van der Waals surface area (Å²) in [4.78, 5) is 13.3. The van der Waals surface area contributed by atoms with Crippen molar-refractivity contribution in [3.8, 4) is 0 Å². The summed E-state index contributed by atoms with van der Waals surface area (Å²) in [7, 11) is 0. The van der Waals surface area contributed by atoms with Crippen LogP contribution >= 0.6 is 0 Å². The highest BCUT2D eigenvalue weighted by Gasteiger charge is 2.48. The minimum absolute atomic E-state index is 0.378. The van der Waals surface area contributed by atoms with E-state index in [1.54, 1.807) is 0 Å². The van der Waals surface area contributed by atoms with Gasteiger partial charge in [0.25, 0.3) is 0 Å². The summed E-state index contributed by atoms with van der Waals surface area (Å²) >= 11 is 0. The van der Waals surface area contributed by atoms with Gasteiger partial charge in [-0.15, -0.1) is 0 Å². The Hall–Kier alpha value is -0.570. The van der Waals surface area contributed by atoms with Gasteiger partial charge in [0.15, 0.2) is 0 Å². The molecule has 0 aromatic heterocycles. The van der Waals surface area contributed by atoms with Crippen LogP contribution < -0.4 is 5.73 Å². The molecule has 0 unspecified atom stereocenters. The lowest BCUT2D eigenvalue weighted by molar-refractivity contribution is -0.128. The molecule has 0 radical (unpaired) electrons. The van der Waals surface area contributed by atoms with E-state index in [0.717, 1.165) is 25.8 Å². The monoisotopic (exact) mass is 154 g/mol. The molecule has 0 aromatic carbocycles. The normalized spacial score (nSPS) is 34.3. The molecule has 3 heteroatoms. The summed E-state index contributed by atoms with van der Waals surface area (Å²) in [6, 6.07) is 0.582. The second-order valence-corrected chi connectivity index (χ2v) is 3.50. The molecule has 2 aliphatic heterocycles. The largest absolute Gasteiger partial charge is 0.339 e. The number of hydrogen-bond donors (Lipinski definition) is 1. The molecule has 1 amide bonds. The molecule has 1 saturated carbocycles. The lowest BCUT2D eigenvalue weighted by Crippen LogP contribution is -2.31. The quantitative estimate of drug-likeness (QED) is 0.619. The molecule has 3 rings (SSSR count). The second-order valence-electron chi connectivity index (χ2n) is 3.50. The second kappa shape index (κ2) is 2.48. The average molecular weight is 154 g/mol. The molecule has 0 aromatic rings. The first-order chi connectivity index (χ1) is 5.33. The van der Waals surface area contributed by atoms with Crippen molar-refractivity contribution in [2.45, 2.75) is 25.3 Å². The van der Waals surface area contributed by atoms with Crippen molar-refractivity contribution in [3.05, 3.63) is 0 Å². The summed E-state index contributed by atoms with van der Waals surface area (Å²) in [6.07, 6.45) is 3.18. The first-order valence-electron chi connectivity index (χ1n) is 4.33. The van der Waals surface area contributed by atoms with E-state index in [0.29, 0.717) is 24.4 Å². The van der Waals surface area contributed by atoms with E-state index in [1.807, 2.05) is 4.90 Å². The van der Waals surface area contributed by atoms with Gasteiger partial charge >= 0.3 is 0 Å². The molecule has 3 aliphatic rings. The smallest absolute Gasteiger partial charge is 0.226 e. The Morgan fingerprint density at radius 2 is 2.27 bits per heavy atom. The lowest BCUT2D eigenvalue weighted by atomic mass is 9.86. The molecule has 11 heavy (non-hydrogen) atoms. The molecule has 3 nitrogen and oxygen atoms in total. The van der Waals surface area contributed by atoms with E-state index >= 15 is 0 Å². The molecular formula is C8H14N2O. The summed E-state index contributed by atoms with van der Waals surface area (Å²) in [5, 5.41) is 0. The van der Waals surface area contributed by atoms with Crippen LogP contribution in [0, 0.1) is 5.92 Å². The highest BCUT2D eigenvalue weighted by atomic mass is 16.2. The highest BCUT2D eigenvalue weighted by molar-refractivity contribution is 5.84. The van der Waals surface area contributed by atoms with E-state index < -0.39 is 0 Å². The van der Waals surface area contributed by atoms with E-state index in [-0.39, 0.29) is 0 Å². The number of carbonyl (C=O) groups is 1. The first-order valence-corrected chi connectivity index (χ1v) is 4.33. The van der Waals surface area contributed by atoms with Gasteiger partial charge in [0.05, 0.1) is 0 Å². The zero-order valence-corrected chi connectivity index (χ0v) is 6.62. The zero-order chi connectivity index (χ0) is 7.84. The van der Waals surface area contributed by atoms with Crippen molar-refractivity contribution in [3.63, 3.8) is 0 Å². The number of rotatable bonds is 3. The van der Waals surface area contributed by atoms with Crippen LogP contribution in [0.3, 0.4) is 0 Å². The SMILES string of the molecule is NCCCN1C(=O)C2CC1C2. The van der Waals surface area contributed by atoms with Crippen LogP contribution in [0.15, 0.2) is 0 Å². The average Bonchev–Trinajstić information content (AvgIpc) is 2.34.